The average Bonchev–Trinajstić information content (AvgIpc) is 2.22. The summed E-state index contributed by atoms with van der Waals surface area (Å²) in [5, 5.41) is 9.69. The van der Waals surface area contributed by atoms with E-state index in [-0.39, 0.29) is 5.82 Å². The van der Waals surface area contributed by atoms with Gasteiger partial charge in [0.25, 0.3) is 0 Å². The molecule has 0 radical (unpaired) electrons. The standard InChI is InChI=1S/C14H20FNO/c1-10(17)12-7-4-8-13(15)14(12)16(2)9-11-5-3-6-11/h4,7-8,10-11,17H,3,5-6,9H2,1-2H3/t10-/m0/s1. The highest BCUT2D eigenvalue weighted by molar-refractivity contribution is 5.55. The lowest BCUT2D eigenvalue weighted by molar-refractivity contribution is 0.199. The van der Waals surface area contributed by atoms with E-state index in [4.69, 9.17) is 0 Å². The number of benzene rings is 1. The van der Waals surface area contributed by atoms with Crippen molar-refractivity contribution in [3.8, 4) is 0 Å². The summed E-state index contributed by atoms with van der Waals surface area (Å²) >= 11 is 0. The number of nitrogens with zero attached hydrogens (tertiary/aromatic N) is 1. The van der Waals surface area contributed by atoms with Crippen LogP contribution in [0, 0.1) is 11.7 Å². The molecule has 1 atom stereocenters. The summed E-state index contributed by atoms with van der Waals surface area (Å²) in [5.74, 6) is 0.437. The minimum atomic E-state index is -0.635. The summed E-state index contributed by atoms with van der Waals surface area (Å²) in [6, 6.07) is 4.90. The molecule has 94 valence electrons. The van der Waals surface area contributed by atoms with Crippen LogP contribution in [0.25, 0.3) is 0 Å². The monoisotopic (exact) mass is 237 g/mol. The molecule has 0 saturated heterocycles. The molecule has 0 heterocycles. The molecule has 1 saturated carbocycles. The van der Waals surface area contributed by atoms with Crippen LogP contribution in [0.3, 0.4) is 0 Å². The highest BCUT2D eigenvalue weighted by atomic mass is 19.1. The Labute approximate surface area is 102 Å². The normalized spacial score (nSPS) is 17.6. The van der Waals surface area contributed by atoms with Gasteiger partial charge in [0, 0.05) is 19.2 Å². The molecule has 1 N–H and O–H groups in total. The molecule has 0 spiro atoms. The van der Waals surface area contributed by atoms with Crippen LogP contribution in [-0.2, 0) is 0 Å². The molecular weight excluding hydrogens is 217 g/mol. The van der Waals surface area contributed by atoms with Crippen LogP contribution in [0.4, 0.5) is 10.1 Å². The molecule has 0 amide bonds. The number of rotatable bonds is 4. The van der Waals surface area contributed by atoms with Gasteiger partial charge >= 0.3 is 0 Å². The SMILES string of the molecule is C[C@H](O)c1cccc(F)c1N(C)CC1CCC1. The van der Waals surface area contributed by atoms with Gasteiger partial charge in [0.05, 0.1) is 11.8 Å². The molecule has 0 bridgehead atoms. The Morgan fingerprint density at radius 1 is 1.47 bits per heavy atom. The van der Waals surface area contributed by atoms with Gasteiger partial charge < -0.3 is 10.0 Å². The molecule has 2 rings (SSSR count). The predicted molar refractivity (Wildman–Crippen MR) is 67.6 cm³/mol. The molecule has 1 aromatic carbocycles. The van der Waals surface area contributed by atoms with E-state index in [0.29, 0.717) is 17.2 Å². The van der Waals surface area contributed by atoms with Crippen LogP contribution in [0.1, 0.15) is 37.9 Å². The van der Waals surface area contributed by atoms with Crippen molar-refractivity contribution < 1.29 is 9.50 Å². The van der Waals surface area contributed by atoms with Gasteiger partial charge in [0.1, 0.15) is 5.82 Å². The Balaban J connectivity index is 2.22. The van der Waals surface area contributed by atoms with Gasteiger partial charge in [-0.05, 0) is 31.7 Å². The summed E-state index contributed by atoms with van der Waals surface area (Å²) < 4.78 is 13.9. The van der Waals surface area contributed by atoms with E-state index in [0.717, 1.165) is 6.54 Å². The van der Waals surface area contributed by atoms with Gasteiger partial charge in [-0.3, -0.25) is 0 Å². The molecule has 1 aliphatic rings. The number of hydrogen-bond acceptors (Lipinski definition) is 2. The zero-order valence-corrected chi connectivity index (χ0v) is 10.5. The molecule has 1 aromatic rings. The molecule has 1 aliphatic carbocycles. The van der Waals surface area contributed by atoms with Crippen LogP contribution < -0.4 is 4.90 Å². The summed E-state index contributed by atoms with van der Waals surface area (Å²) in [6.45, 7) is 2.55. The maximum absolute atomic E-state index is 13.9. The van der Waals surface area contributed by atoms with Crippen molar-refractivity contribution in [2.75, 3.05) is 18.5 Å². The van der Waals surface area contributed by atoms with Gasteiger partial charge in [-0.1, -0.05) is 18.6 Å². The van der Waals surface area contributed by atoms with Crippen molar-refractivity contribution >= 4 is 5.69 Å². The van der Waals surface area contributed by atoms with E-state index in [1.807, 2.05) is 11.9 Å². The molecule has 1 fully saturated rings. The third-order valence-corrected chi connectivity index (χ3v) is 3.61. The number of aliphatic hydroxyl groups excluding tert-OH is 1. The molecular formula is C14H20FNO. The van der Waals surface area contributed by atoms with Crippen molar-refractivity contribution in [1.29, 1.82) is 0 Å². The lowest BCUT2D eigenvalue weighted by Crippen LogP contribution is -2.30. The Bertz CT molecular complexity index is 388. The van der Waals surface area contributed by atoms with E-state index in [1.54, 1.807) is 19.1 Å². The summed E-state index contributed by atoms with van der Waals surface area (Å²) in [7, 11) is 1.91. The first-order chi connectivity index (χ1) is 8.09. The second-order valence-electron chi connectivity index (χ2n) is 5.03. The zero-order valence-electron chi connectivity index (χ0n) is 10.5. The Morgan fingerprint density at radius 3 is 2.71 bits per heavy atom. The highest BCUT2D eigenvalue weighted by Crippen LogP contribution is 2.32. The number of aliphatic hydroxyl groups is 1. The summed E-state index contributed by atoms with van der Waals surface area (Å²) in [4.78, 5) is 1.95. The van der Waals surface area contributed by atoms with Crippen LogP contribution in [0.5, 0.6) is 0 Å². The van der Waals surface area contributed by atoms with Crippen LogP contribution in [0.2, 0.25) is 0 Å². The maximum Gasteiger partial charge on any atom is 0.146 e. The molecule has 0 aromatic heterocycles. The van der Waals surface area contributed by atoms with Crippen molar-refractivity contribution in [2.24, 2.45) is 5.92 Å². The number of para-hydroxylation sites is 1. The fourth-order valence-corrected chi connectivity index (χ4v) is 2.43. The van der Waals surface area contributed by atoms with Gasteiger partial charge in [-0.15, -0.1) is 0 Å². The molecule has 17 heavy (non-hydrogen) atoms. The maximum atomic E-state index is 13.9. The van der Waals surface area contributed by atoms with E-state index >= 15 is 0 Å². The lowest BCUT2D eigenvalue weighted by Gasteiger charge is -2.32. The molecule has 0 aliphatic heterocycles. The first-order valence-corrected chi connectivity index (χ1v) is 6.27. The average molecular weight is 237 g/mol. The summed E-state index contributed by atoms with van der Waals surface area (Å²) in [6.07, 6.45) is 3.13. The largest absolute Gasteiger partial charge is 0.389 e. The third-order valence-electron chi connectivity index (χ3n) is 3.61. The highest BCUT2D eigenvalue weighted by Gasteiger charge is 2.22. The van der Waals surface area contributed by atoms with E-state index < -0.39 is 6.10 Å². The Kier molecular flexibility index (Phi) is 3.67. The number of anilines is 1. The second-order valence-corrected chi connectivity index (χ2v) is 5.03. The fraction of sp³-hybridized carbons (Fsp3) is 0.571. The van der Waals surface area contributed by atoms with Gasteiger partial charge in [-0.25, -0.2) is 4.39 Å². The van der Waals surface area contributed by atoms with Gasteiger partial charge in [-0.2, -0.15) is 0 Å². The van der Waals surface area contributed by atoms with E-state index in [1.165, 1.54) is 25.3 Å². The van der Waals surface area contributed by atoms with Gasteiger partial charge in [0.15, 0.2) is 0 Å². The molecule has 2 nitrogen and oxygen atoms in total. The number of halogens is 1. The quantitative estimate of drug-likeness (QED) is 0.869. The summed E-state index contributed by atoms with van der Waals surface area (Å²) in [5.41, 5.74) is 1.22. The second kappa shape index (κ2) is 5.05. The minimum Gasteiger partial charge on any atom is -0.389 e. The van der Waals surface area contributed by atoms with Crippen molar-refractivity contribution in [3.63, 3.8) is 0 Å². The van der Waals surface area contributed by atoms with Crippen LogP contribution in [-0.4, -0.2) is 18.7 Å². The first kappa shape index (κ1) is 12.4. The van der Waals surface area contributed by atoms with Crippen LogP contribution >= 0.6 is 0 Å². The third kappa shape index (κ3) is 2.60. The number of hydrogen-bond donors (Lipinski definition) is 1. The first-order valence-electron chi connectivity index (χ1n) is 6.27. The van der Waals surface area contributed by atoms with Crippen LogP contribution in [0.15, 0.2) is 18.2 Å². The Morgan fingerprint density at radius 2 is 2.18 bits per heavy atom. The molecule has 3 heteroatoms. The molecule has 0 unspecified atom stereocenters. The van der Waals surface area contributed by atoms with E-state index in [2.05, 4.69) is 0 Å². The topological polar surface area (TPSA) is 23.5 Å². The van der Waals surface area contributed by atoms with Crippen molar-refractivity contribution in [1.82, 2.24) is 0 Å². The van der Waals surface area contributed by atoms with E-state index in [9.17, 15) is 9.50 Å². The fourth-order valence-electron chi connectivity index (χ4n) is 2.43. The van der Waals surface area contributed by atoms with Crippen molar-refractivity contribution in [3.05, 3.63) is 29.6 Å². The minimum absolute atomic E-state index is 0.245. The smallest absolute Gasteiger partial charge is 0.146 e. The lowest BCUT2D eigenvalue weighted by atomic mass is 9.85. The van der Waals surface area contributed by atoms with Crippen molar-refractivity contribution in [2.45, 2.75) is 32.3 Å². The zero-order chi connectivity index (χ0) is 12.4. The van der Waals surface area contributed by atoms with Gasteiger partial charge in [0.2, 0.25) is 0 Å². The predicted octanol–water partition coefficient (Wildman–Crippen LogP) is 3.12. The Hall–Kier alpha value is -1.09.